The maximum Gasteiger partial charge on any atom is 0.123 e. The van der Waals surface area contributed by atoms with Gasteiger partial charge in [0.25, 0.3) is 0 Å². The molecule has 0 spiro atoms. The molecule has 0 aliphatic carbocycles. The van der Waals surface area contributed by atoms with Crippen molar-refractivity contribution < 1.29 is 4.39 Å². The van der Waals surface area contributed by atoms with Crippen LogP contribution in [0, 0.1) is 5.82 Å². The average molecular weight is 357 g/mol. The normalized spacial score (nSPS) is 17.2. The fraction of sp³-hybridized carbons (Fsp3) is 0.105. The number of hydrogen-bond acceptors (Lipinski definition) is 3. The molecule has 0 radical (unpaired) electrons. The van der Waals surface area contributed by atoms with Crippen LogP contribution >= 0.6 is 22.9 Å². The zero-order chi connectivity index (χ0) is 16.5. The van der Waals surface area contributed by atoms with Gasteiger partial charge in [0.2, 0.25) is 0 Å². The molecule has 0 bridgehead atoms. The van der Waals surface area contributed by atoms with E-state index in [0.29, 0.717) is 5.02 Å². The van der Waals surface area contributed by atoms with Crippen LogP contribution in [0.3, 0.4) is 0 Å². The highest BCUT2D eigenvalue weighted by Crippen LogP contribution is 2.38. The summed E-state index contributed by atoms with van der Waals surface area (Å²) in [7, 11) is 0. The van der Waals surface area contributed by atoms with Gasteiger partial charge < -0.3 is 0 Å². The molecule has 2 nitrogen and oxygen atoms in total. The molecule has 2 heterocycles. The van der Waals surface area contributed by atoms with Gasteiger partial charge in [-0.3, -0.25) is 5.01 Å². The lowest BCUT2D eigenvalue weighted by Gasteiger charge is -2.22. The summed E-state index contributed by atoms with van der Waals surface area (Å²) in [6.45, 7) is 0. The van der Waals surface area contributed by atoms with Gasteiger partial charge in [0.1, 0.15) is 5.82 Å². The van der Waals surface area contributed by atoms with Crippen molar-refractivity contribution >= 4 is 34.3 Å². The van der Waals surface area contributed by atoms with Gasteiger partial charge >= 0.3 is 0 Å². The van der Waals surface area contributed by atoms with Crippen LogP contribution in [0.1, 0.15) is 22.9 Å². The van der Waals surface area contributed by atoms with Crippen LogP contribution in [0.2, 0.25) is 5.02 Å². The molecule has 0 saturated carbocycles. The van der Waals surface area contributed by atoms with E-state index in [1.54, 1.807) is 23.5 Å². The van der Waals surface area contributed by atoms with Gasteiger partial charge in [-0.15, -0.1) is 11.3 Å². The van der Waals surface area contributed by atoms with Crippen molar-refractivity contribution in [3.05, 3.63) is 87.3 Å². The van der Waals surface area contributed by atoms with E-state index >= 15 is 0 Å². The fourth-order valence-corrected chi connectivity index (χ4v) is 3.80. The summed E-state index contributed by atoms with van der Waals surface area (Å²) in [4.78, 5) is 1.26. The van der Waals surface area contributed by atoms with Crippen molar-refractivity contribution in [2.75, 3.05) is 5.01 Å². The molecule has 24 heavy (non-hydrogen) atoms. The summed E-state index contributed by atoms with van der Waals surface area (Å²) < 4.78 is 13.2. The number of anilines is 1. The summed E-state index contributed by atoms with van der Waals surface area (Å²) in [6.07, 6.45) is 0.786. The molecule has 1 aliphatic rings. The third-order valence-electron chi connectivity index (χ3n) is 4.05. The smallest absolute Gasteiger partial charge is 0.123 e. The molecule has 1 aromatic heterocycles. The summed E-state index contributed by atoms with van der Waals surface area (Å²) in [6, 6.07) is 18.5. The average Bonchev–Trinajstić information content (AvgIpc) is 3.25. The first-order valence-electron chi connectivity index (χ1n) is 7.62. The molecule has 1 aliphatic heterocycles. The van der Waals surface area contributed by atoms with Crippen LogP contribution in [-0.4, -0.2) is 5.71 Å². The Bertz CT molecular complexity index is 857. The molecular formula is C19H14ClFN2S. The molecular weight excluding hydrogens is 343 g/mol. The van der Waals surface area contributed by atoms with Crippen LogP contribution in [-0.2, 0) is 0 Å². The van der Waals surface area contributed by atoms with Crippen molar-refractivity contribution in [3.8, 4) is 0 Å². The largest absolute Gasteiger partial charge is 0.257 e. The first-order chi connectivity index (χ1) is 11.7. The van der Waals surface area contributed by atoms with E-state index in [1.165, 1.54) is 17.0 Å². The second-order valence-corrected chi connectivity index (χ2v) is 7.03. The number of nitrogens with zero attached hydrogens (tertiary/aromatic N) is 2. The second kappa shape index (κ2) is 6.38. The monoisotopic (exact) mass is 356 g/mol. The molecule has 1 atom stereocenters. The maximum atomic E-state index is 13.2. The lowest BCUT2D eigenvalue weighted by Crippen LogP contribution is -2.17. The minimum atomic E-state index is -0.235. The molecule has 5 heteroatoms. The van der Waals surface area contributed by atoms with Gasteiger partial charge in [0, 0.05) is 16.3 Å². The highest BCUT2D eigenvalue weighted by atomic mass is 35.5. The van der Waals surface area contributed by atoms with Gasteiger partial charge in [-0.05, 0) is 53.4 Å². The van der Waals surface area contributed by atoms with E-state index in [1.807, 2.05) is 29.3 Å². The number of halogens is 2. The van der Waals surface area contributed by atoms with Gasteiger partial charge in [-0.1, -0.05) is 29.8 Å². The highest BCUT2D eigenvalue weighted by molar-refractivity contribution is 7.10. The summed E-state index contributed by atoms with van der Waals surface area (Å²) in [5, 5.41) is 9.62. The third kappa shape index (κ3) is 2.95. The van der Waals surface area contributed by atoms with E-state index in [9.17, 15) is 4.39 Å². The third-order valence-corrected chi connectivity index (χ3v) is 5.28. The molecule has 0 amide bonds. The van der Waals surface area contributed by atoms with Gasteiger partial charge in [0.05, 0.1) is 17.4 Å². The van der Waals surface area contributed by atoms with E-state index in [-0.39, 0.29) is 11.9 Å². The van der Waals surface area contributed by atoms with Crippen LogP contribution < -0.4 is 5.01 Å². The Morgan fingerprint density at radius 1 is 1.04 bits per heavy atom. The Kier molecular flexibility index (Phi) is 4.08. The predicted octanol–water partition coefficient (Wildman–Crippen LogP) is 5.90. The molecule has 4 rings (SSSR count). The number of benzene rings is 2. The van der Waals surface area contributed by atoms with Crippen molar-refractivity contribution in [3.63, 3.8) is 0 Å². The summed E-state index contributed by atoms with van der Waals surface area (Å²) in [5.74, 6) is -0.235. The Balaban J connectivity index is 1.73. The number of hydrazone groups is 1. The predicted molar refractivity (Wildman–Crippen MR) is 98.5 cm³/mol. The van der Waals surface area contributed by atoms with Crippen LogP contribution in [0.4, 0.5) is 10.1 Å². The summed E-state index contributed by atoms with van der Waals surface area (Å²) in [5.41, 5.74) is 2.91. The molecule has 2 aromatic carbocycles. The van der Waals surface area contributed by atoms with E-state index in [4.69, 9.17) is 16.7 Å². The van der Waals surface area contributed by atoms with Crippen LogP contribution in [0.15, 0.2) is 71.1 Å². The minimum Gasteiger partial charge on any atom is -0.257 e. The van der Waals surface area contributed by atoms with Crippen LogP contribution in [0.5, 0.6) is 0 Å². The van der Waals surface area contributed by atoms with E-state index in [2.05, 4.69) is 17.5 Å². The molecule has 3 aromatic rings. The van der Waals surface area contributed by atoms with Crippen molar-refractivity contribution in [2.24, 2.45) is 5.10 Å². The SMILES string of the molecule is Fc1ccc(C2=NN(c3ccc(Cl)cc3)[C@@H](c3cccs3)C2)cc1. The van der Waals surface area contributed by atoms with E-state index in [0.717, 1.165) is 23.4 Å². The zero-order valence-electron chi connectivity index (χ0n) is 12.7. The minimum absolute atomic E-state index is 0.145. The van der Waals surface area contributed by atoms with Crippen LogP contribution in [0.25, 0.3) is 0 Å². The van der Waals surface area contributed by atoms with Crippen molar-refractivity contribution in [2.45, 2.75) is 12.5 Å². The van der Waals surface area contributed by atoms with Gasteiger partial charge in [0.15, 0.2) is 0 Å². The van der Waals surface area contributed by atoms with Gasteiger partial charge in [-0.25, -0.2) is 4.39 Å². The topological polar surface area (TPSA) is 15.6 Å². The van der Waals surface area contributed by atoms with Gasteiger partial charge in [-0.2, -0.15) is 5.10 Å². The number of rotatable bonds is 3. The Hall–Kier alpha value is -2.17. The van der Waals surface area contributed by atoms with Crippen molar-refractivity contribution in [1.82, 2.24) is 0 Å². The molecule has 120 valence electrons. The second-order valence-electron chi connectivity index (χ2n) is 5.61. The Morgan fingerprint density at radius 3 is 2.46 bits per heavy atom. The highest BCUT2D eigenvalue weighted by Gasteiger charge is 2.30. The lowest BCUT2D eigenvalue weighted by atomic mass is 10.0. The fourth-order valence-electron chi connectivity index (χ4n) is 2.86. The zero-order valence-corrected chi connectivity index (χ0v) is 14.3. The van der Waals surface area contributed by atoms with Crippen molar-refractivity contribution in [1.29, 1.82) is 0 Å². The van der Waals surface area contributed by atoms with E-state index < -0.39 is 0 Å². The molecule has 0 saturated heterocycles. The maximum absolute atomic E-state index is 13.2. The quantitative estimate of drug-likeness (QED) is 0.570. The number of thiophene rings is 1. The molecule has 0 N–H and O–H groups in total. The standard InChI is InChI=1S/C19H14ClFN2S/c20-14-5-9-16(10-6-14)23-18(19-2-1-11-24-19)12-17(22-23)13-3-7-15(21)8-4-13/h1-11,18H,12H2/t18-/m1/s1. The number of hydrogen-bond donors (Lipinski definition) is 0. The first kappa shape index (κ1) is 15.4. The summed E-state index contributed by atoms with van der Waals surface area (Å²) >= 11 is 7.73. The first-order valence-corrected chi connectivity index (χ1v) is 8.88. The Morgan fingerprint density at radius 2 is 1.79 bits per heavy atom. The lowest BCUT2D eigenvalue weighted by molar-refractivity contribution is 0.627. The Labute approximate surface area is 148 Å². The molecule has 0 fully saturated rings. The molecule has 0 unspecified atom stereocenters.